The van der Waals surface area contributed by atoms with E-state index in [1.54, 1.807) is 0 Å². The Morgan fingerprint density at radius 3 is 2.44 bits per heavy atom. The molecule has 1 aliphatic heterocycles. The lowest BCUT2D eigenvalue weighted by molar-refractivity contribution is -0.137. The van der Waals surface area contributed by atoms with Gasteiger partial charge in [-0.15, -0.1) is 0 Å². The Kier molecular flexibility index (Phi) is 3.80. The van der Waals surface area contributed by atoms with E-state index in [2.05, 4.69) is 5.32 Å². The molecule has 1 heterocycles. The van der Waals surface area contributed by atoms with Gasteiger partial charge in [0.25, 0.3) is 0 Å². The van der Waals surface area contributed by atoms with Crippen molar-refractivity contribution in [3.63, 3.8) is 0 Å². The van der Waals surface area contributed by atoms with Gasteiger partial charge < -0.3 is 10.1 Å². The van der Waals surface area contributed by atoms with Gasteiger partial charge in [0.2, 0.25) is 0 Å². The van der Waals surface area contributed by atoms with Gasteiger partial charge in [-0.1, -0.05) is 0 Å². The minimum absolute atomic E-state index is 0.142. The number of ether oxygens (including phenoxy) is 1. The molecule has 0 aliphatic carbocycles. The molecule has 1 aromatic carbocycles. The molecular weight excluding hydrogens is 243 g/mol. The molecule has 1 aromatic rings. The van der Waals surface area contributed by atoms with Gasteiger partial charge in [0.05, 0.1) is 12.7 Å². The van der Waals surface area contributed by atoms with Crippen LogP contribution in [0.2, 0.25) is 0 Å². The van der Waals surface area contributed by atoms with Crippen molar-refractivity contribution < 1.29 is 17.9 Å². The first kappa shape index (κ1) is 13.2. The van der Waals surface area contributed by atoms with Gasteiger partial charge in [0, 0.05) is 0 Å². The van der Waals surface area contributed by atoms with Crippen LogP contribution in [0.1, 0.15) is 29.9 Å². The van der Waals surface area contributed by atoms with Crippen LogP contribution in [0.4, 0.5) is 13.2 Å². The number of methoxy groups -OCH3 is 1. The normalized spacial score (nSPS) is 17.8. The fourth-order valence-electron chi connectivity index (χ4n) is 2.36. The Labute approximate surface area is 104 Å². The summed E-state index contributed by atoms with van der Waals surface area (Å²) in [5, 5.41) is 3.20. The van der Waals surface area contributed by atoms with Gasteiger partial charge in [0.1, 0.15) is 5.75 Å². The maximum Gasteiger partial charge on any atom is 0.416 e. The molecule has 1 fully saturated rings. The van der Waals surface area contributed by atoms with Gasteiger partial charge in [0.15, 0.2) is 0 Å². The van der Waals surface area contributed by atoms with Crippen LogP contribution in [0.3, 0.4) is 0 Å². The van der Waals surface area contributed by atoms with Crippen LogP contribution in [0.25, 0.3) is 0 Å². The summed E-state index contributed by atoms with van der Waals surface area (Å²) in [6.07, 6.45) is -2.61. The molecule has 0 saturated carbocycles. The van der Waals surface area contributed by atoms with Crippen molar-refractivity contribution in [3.8, 4) is 5.75 Å². The van der Waals surface area contributed by atoms with Crippen molar-refractivity contribution in [3.05, 3.63) is 29.3 Å². The molecule has 0 aromatic heterocycles. The second-order valence-corrected chi connectivity index (χ2v) is 4.48. The molecule has 18 heavy (non-hydrogen) atoms. The predicted molar refractivity (Wildman–Crippen MR) is 62.8 cm³/mol. The maximum absolute atomic E-state index is 12.7. The lowest BCUT2D eigenvalue weighted by Gasteiger charge is -2.25. The van der Waals surface area contributed by atoms with E-state index in [0.29, 0.717) is 11.3 Å². The zero-order chi connectivity index (χ0) is 13.2. The quantitative estimate of drug-likeness (QED) is 0.880. The number of halogens is 3. The van der Waals surface area contributed by atoms with E-state index in [4.69, 9.17) is 4.74 Å². The van der Waals surface area contributed by atoms with Gasteiger partial charge in [-0.25, -0.2) is 0 Å². The van der Waals surface area contributed by atoms with Crippen LogP contribution in [0.15, 0.2) is 18.2 Å². The summed E-state index contributed by atoms with van der Waals surface area (Å²) < 4.78 is 43.3. The van der Waals surface area contributed by atoms with E-state index in [-0.39, 0.29) is 5.92 Å². The molecule has 2 nitrogen and oxygen atoms in total. The van der Waals surface area contributed by atoms with E-state index in [0.717, 1.165) is 32.0 Å². The first-order valence-corrected chi connectivity index (χ1v) is 5.98. The molecule has 0 amide bonds. The SMILES string of the molecule is COc1ccc(C(F)(F)F)cc1C1CCNCC1. The second kappa shape index (κ2) is 5.18. The van der Waals surface area contributed by atoms with E-state index in [1.165, 1.54) is 19.2 Å². The topological polar surface area (TPSA) is 21.3 Å². The number of benzene rings is 1. The highest BCUT2D eigenvalue weighted by atomic mass is 19.4. The Balaban J connectivity index is 2.35. The summed E-state index contributed by atoms with van der Waals surface area (Å²) in [5.74, 6) is 0.693. The molecule has 5 heteroatoms. The van der Waals surface area contributed by atoms with Crippen molar-refractivity contribution in [1.29, 1.82) is 0 Å². The second-order valence-electron chi connectivity index (χ2n) is 4.48. The number of alkyl halides is 3. The predicted octanol–water partition coefficient (Wildman–Crippen LogP) is 3.18. The standard InChI is InChI=1S/C13H16F3NO/c1-18-12-3-2-10(13(14,15)16)8-11(12)9-4-6-17-7-5-9/h2-3,8-9,17H,4-7H2,1H3. The molecular formula is C13H16F3NO. The number of piperidine rings is 1. The number of nitrogens with one attached hydrogen (secondary N) is 1. The van der Waals surface area contributed by atoms with Gasteiger partial charge >= 0.3 is 6.18 Å². The van der Waals surface area contributed by atoms with Crippen LogP contribution < -0.4 is 10.1 Å². The zero-order valence-electron chi connectivity index (χ0n) is 10.2. The fourth-order valence-corrected chi connectivity index (χ4v) is 2.36. The number of hydrogen-bond donors (Lipinski definition) is 1. The highest BCUT2D eigenvalue weighted by molar-refractivity contribution is 5.41. The summed E-state index contributed by atoms with van der Waals surface area (Å²) in [5.41, 5.74) is 0.0747. The monoisotopic (exact) mass is 259 g/mol. The van der Waals surface area contributed by atoms with Crippen molar-refractivity contribution >= 4 is 0 Å². The highest BCUT2D eigenvalue weighted by Crippen LogP contribution is 2.37. The third kappa shape index (κ3) is 2.77. The molecule has 0 unspecified atom stereocenters. The van der Waals surface area contributed by atoms with Crippen LogP contribution in [-0.4, -0.2) is 20.2 Å². The van der Waals surface area contributed by atoms with Crippen LogP contribution in [0.5, 0.6) is 5.75 Å². The Bertz CT molecular complexity index is 411. The molecule has 1 aliphatic rings. The van der Waals surface area contributed by atoms with Crippen molar-refractivity contribution in [1.82, 2.24) is 5.32 Å². The van der Waals surface area contributed by atoms with Crippen LogP contribution >= 0.6 is 0 Å². The molecule has 100 valence electrons. The molecule has 1 N–H and O–H groups in total. The van der Waals surface area contributed by atoms with Crippen LogP contribution in [-0.2, 0) is 6.18 Å². The minimum Gasteiger partial charge on any atom is -0.496 e. The average molecular weight is 259 g/mol. The molecule has 2 rings (SSSR count). The van der Waals surface area contributed by atoms with E-state index in [9.17, 15) is 13.2 Å². The minimum atomic E-state index is -4.30. The Hall–Kier alpha value is -1.23. The lowest BCUT2D eigenvalue weighted by atomic mass is 9.88. The van der Waals surface area contributed by atoms with E-state index >= 15 is 0 Å². The smallest absolute Gasteiger partial charge is 0.416 e. The number of rotatable bonds is 2. The van der Waals surface area contributed by atoms with Gasteiger partial charge in [-0.05, 0) is 55.6 Å². The molecule has 0 spiro atoms. The lowest BCUT2D eigenvalue weighted by Crippen LogP contribution is -2.27. The van der Waals surface area contributed by atoms with E-state index < -0.39 is 11.7 Å². The zero-order valence-corrected chi connectivity index (χ0v) is 10.2. The third-order valence-electron chi connectivity index (χ3n) is 3.34. The average Bonchev–Trinajstić information content (AvgIpc) is 2.38. The largest absolute Gasteiger partial charge is 0.496 e. The summed E-state index contributed by atoms with van der Waals surface area (Å²) >= 11 is 0. The maximum atomic E-state index is 12.7. The fraction of sp³-hybridized carbons (Fsp3) is 0.538. The van der Waals surface area contributed by atoms with E-state index in [1.807, 2.05) is 0 Å². The third-order valence-corrected chi connectivity index (χ3v) is 3.34. The summed E-state index contributed by atoms with van der Waals surface area (Å²) in [7, 11) is 1.49. The summed E-state index contributed by atoms with van der Waals surface area (Å²) in [6.45, 7) is 1.67. The van der Waals surface area contributed by atoms with Gasteiger partial charge in [-0.3, -0.25) is 0 Å². The first-order chi connectivity index (χ1) is 8.52. The summed E-state index contributed by atoms with van der Waals surface area (Å²) in [6, 6.07) is 3.72. The van der Waals surface area contributed by atoms with Crippen molar-refractivity contribution in [2.75, 3.05) is 20.2 Å². The Morgan fingerprint density at radius 1 is 1.22 bits per heavy atom. The number of hydrogen-bond acceptors (Lipinski definition) is 2. The van der Waals surface area contributed by atoms with Crippen LogP contribution in [0, 0.1) is 0 Å². The molecule has 0 radical (unpaired) electrons. The highest BCUT2D eigenvalue weighted by Gasteiger charge is 2.32. The summed E-state index contributed by atoms with van der Waals surface area (Å²) in [4.78, 5) is 0. The molecule has 1 saturated heterocycles. The first-order valence-electron chi connectivity index (χ1n) is 5.98. The molecule has 0 atom stereocenters. The van der Waals surface area contributed by atoms with Crippen molar-refractivity contribution in [2.45, 2.75) is 24.9 Å². The van der Waals surface area contributed by atoms with Gasteiger partial charge in [-0.2, -0.15) is 13.2 Å². The van der Waals surface area contributed by atoms with Crippen molar-refractivity contribution in [2.24, 2.45) is 0 Å². The molecule has 0 bridgehead atoms. The Morgan fingerprint density at radius 2 is 1.89 bits per heavy atom.